The van der Waals surface area contributed by atoms with Gasteiger partial charge in [0.1, 0.15) is 0 Å². The number of piperazine rings is 1. The molecule has 1 saturated carbocycles. The highest BCUT2D eigenvalue weighted by Gasteiger charge is 2.59. The average molecular weight is 466 g/mol. The molecule has 7 nitrogen and oxygen atoms in total. The van der Waals surface area contributed by atoms with Crippen molar-refractivity contribution < 1.29 is 14.3 Å². The number of ether oxygens (including phenoxy) is 2. The van der Waals surface area contributed by atoms with Gasteiger partial charge in [0.05, 0.1) is 12.7 Å². The Hall–Kier alpha value is -0.770. The molecule has 0 radical (unpaired) electrons. The minimum absolute atomic E-state index is 0. The predicted octanol–water partition coefficient (Wildman–Crippen LogP) is 1.77. The molecule has 0 aromatic heterocycles. The van der Waals surface area contributed by atoms with Gasteiger partial charge in [-0.3, -0.25) is 4.99 Å². The molecule has 3 aliphatic rings. The second-order valence-corrected chi connectivity index (χ2v) is 7.41. The van der Waals surface area contributed by atoms with E-state index in [4.69, 9.17) is 9.47 Å². The molecule has 3 fully saturated rings. The number of rotatable bonds is 2. The van der Waals surface area contributed by atoms with Gasteiger partial charge in [-0.15, -0.1) is 24.0 Å². The van der Waals surface area contributed by atoms with Crippen LogP contribution in [0.2, 0.25) is 0 Å². The first kappa shape index (κ1) is 20.5. The molecule has 8 heteroatoms. The van der Waals surface area contributed by atoms with Crippen LogP contribution in [0.3, 0.4) is 0 Å². The number of guanidine groups is 1. The monoisotopic (exact) mass is 466 g/mol. The van der Waals surface area contributed by atoms with Crippen LogP contribution >= 0.6 is 24.0 Å². The van der Waals surface area contributed by atoms with Crippen LogP contribution in [0.5, 0.6) is 0 Å². The van der Waals surface area contributed by atoms with Crippen molar-refractivity contribution in [3.8, 4) is 0 Å². The van der Waals surface area contributed by atoms with Gasteiger partial charge < -0.3 is 24.6 Å². The first-order valence-corrected chi connectivity index (χ1v) is 9.00. The zero-order chi connectivity index (χ0) is 17.3. The van der Waals surface area contributed by atoms with E-state index in [1.54, 1.807) is 4.90 Å². The molecule has 1 amide bonds. The van der Waals surface area contributed by atoms with Gasteiger partial charge in [0.25, 0.3) is 0 Å². The SMILES string of the molecule is CCOC(=O)N1CCN(C(=NC)NC2C3CCOC3C2(C)C)CC1.I. The molecular formula is C17H31IN4O3. The number of aliphatic imine (C=N–C) groups is 1. The van der Waals surface area contributed by atoms with Crippen LogP contribution in [0, 0.1) is 11.3 Å². The van der Waals surface area contributed by atoms with Gasteiger partial charge >= 0.3 is 6.09 Å². The number of carbonyl (C=O) groups excluding carboxylic acids is 1. The molecule has 3 rings (SSSR count). The van der Waals surface area contributed by atoms with Crippen molar-refractivity contribution in [2.75, 3.05) is 46.4 Å². The van der Waals surface area contributed by atoms with E-state index < -0.39 is 0 Å². The number of amides is 1. The second-order valence-electron chi connectivity index (χ2n) is 7.41. The zero-order valence-corrected chi connectivity index (χ0v) is 18.0. The number of hydrogen-bond acceptors (Lipinski definition) is 4. The first-order chi connectivity index (χ1) is 11.5. The largest absolute Gasteiger partial charge is 0.450 e. The zero-order valence-electron chi connectivity index (χ0n) is 15.7. The third kappa shape index (κ3) is 3.84. The number of nitrogens with one attached hydrogen (secondary N) is 1. The lowest BCUT2D eigenvalue weighted by Gasteiger charge is -2.55. The van der Waals surface area contributed by atoms with E-state index in [0.29, 0.717) is 37.8 Å². The molecule has 0 spiro atoms. The van der Waals surface area contributed by atoms with Gasteiger partial charge in [0, 0.05) is 57.2 Å². The van der Waals surface area contributed by atoms with Crippen molar-refractivity contribution in [3.05, 3.63) is 0 Å². The summed E-state index contributed by atoms with van der Waals surface area (Å²) in [6.07, 6.45) is 1.28. The Bertz CT molecular complexity index is 506. The van der Waals surface area contributed by atoms with Crippen LogP contribution in [0.4, 0.5) is 4.79 Å². The molecule has 3 unspecified atom stereocenters. The van der Waals surface area contributed by atoms with Crippen molar-refractivity contribution in [2.45, 2.75) is 39.3 Å². The van der Waals surface area contributed by atoms with Crippen LogP contribution < -0.4 is 5.32 Å². The fourth-order valence-electron chi connectivity index (χ4n) is 4.37. The maximum absolute atomic E-state index is 11.8. The molecule has 25 heavy (non-hydrogen) atoms. The van der Waals surface area contributed by atoms with Crippen molar-refractivity contribution in [1.29, 1.82) is 0 Å². The molecule has 0 bridgehead atoms. The van der Waals surface area contributed by atoms with Gasteiger partial charge in [0.15, 0.2) is 5.96 Å². The summed E-state index contributed by atoms with van der Waals surface area (Å²) in [7, 11) is 1.83. The molecule has 1 aliphatic carbocycles. The lowest BCUT2D eigenvalue weighted by Crippen LogP contribution is -2.68. The third-order valence-electron chi connectivity index (χ3n) is 5.70. The van der Waals surface area contributed by atoms with Crippen LogP contribution in [-0.2, 0) is 9.47 Å². The van der Waals surface area contributed by atoms with Gasteiger partial charge in [-0.2, -0.15) is 0 Å². The lowest BCUT2D eigenvalue weighted by molar-refractivity contribution is -0.107. The Morgan fingerprint density at radius 2 is 1.92 bits per heavy atom. The first-order valence-electron chi connectivity index (χ1n) is 9.00. The molecule has 2 heterocycles. The van der Waals surface area contributed by atoms with E-state index in [-0.39, 0.29) is 35.5 Å². The summed E-state index contributed by atoms with van der Waals surface area (Å²) in [4.78, 5) is 20.3. The minimum atomic E-state index is -0.217. The van der Waals surface area contributed by atoms with E-state index in [1.807, 2.05) is 14.0 Å². The third-order valence-corrected chi connectivity index (χ3v) is 5.70. The van der Waals surface area contributed by atoms with Crippen LogP contribution in [0.1, 0.15) is 27.2 Å². The van der Waals surface area contributed by atoms with Crippen molar-refractivity contribution in [3.63, 3.8) is 0 Å². The van der Waals surface area contributed by atoms with E-state index >= 15 is 0 Å². The number of fused-ring (bicyclic) bond motifs is 1. The highest BCUT2D eigenvalue weighted by molar-refractivity contribution is 14.0. The van der Waals surface area contributed by atoms with Crippen molar-refractivity contribution >= 4 is 36.0 Å². The van der Waals surface area contributed by atoms with Gasteiger partial charge in [-0.25, -0.2) is 4.79 Å². The van der Waals surface area contributed by atoms with E-state index in [1.165, 1.54) is 0 Å². The number of nitrogens with zero attached hydrogens (tertiary/aromatic N) is 3. The minimum Gasteiger partial charge on any atom is -0.450 e. The van der Waals surface area contributed by atoms with Crippen LogP contribution in [0.25, 0.3) is 0 Å². The second kappa shape index (κ2) is 8.28. The fourth-order valence-corrected chi connectivity index (χ4v) is 4.37. The summed E-state index contributed by atoms with van der Waals surface area (Å²) < 4.78 is 10.9. The van der Waals surface area contributed by atoms with Crippen LogP contribution in [0.15, 0.2) is 4.99 Å². The van der Waals surface area contributed by atoms with E-state index in [2.05, 4.69) is 29.1 Å². The smallest absolute Gasteiger partial charge is 0.409 e. The Kier molecular flexibility index (Phi) is 6.80. The van der Waals surface area contributed by atoms with Gasteiger partial charge in [0.2, 0.25) is 0 Å². The summed E-state index contributed by atoms with van der Waals surface area (Å²) in [5, 5.41) is 3.66. The summed E-state index contributed by atoms with van der Waals surface area (Å²) in [5.41, 5.74) is 0.129. The molecule has 144 valence electrons. The Balaban J connectivity index is 0.00000225. The molecule has 0 aromatic carbocycles. The van der Waals surface area contributed by atoms with Gasteiger partial charge in [-0.1, -0.05) is 13.8 Å². The van der Waals surface area contributed by atoms with Crippen molar-refractivity contribution in [2.24, 2.45) is 16.3 Å². The summed E-state index contributed by atoms with van der Waals surface area (Å²) >= 11 is 0. The molecule has 2 saturated heterocycles. The maximum atomic E-state index is 11.8. The average Bonchev–Trinajstić information content (AvgIpc) is 3.03. The quantitative estimate of drug-likeness (QED) is 0.382. The Morgan fingerprint density at radius 1 is 1.28 bits per heavy atom. The fraction of sp³-hybridized carbons (Fsp3) is 0.882. The molecule has 0 aromatic rings. The lowest BCUT2D eigenvalue weighted by atomic mass is 9.57. The Morgan fingerprint density at radius 3 is 2.52 bits per heavy atom. The van der Waals surface area contributed by atoms with Crippen LogP contribution in [-0.4, -0.2) is 80.4 Å². The summed E-state index contributed by atoms with van der Waals surface area (Å²) in [5.74, 6) is 1.51. The molecular weight excluding hydrogens is 435 g/mol. The summed E-state index contributed by atoms with van der Waals surface area (Å²) in [6, 6.07) is 0.395. The van der Waals surface area contributed by atoms with E-state index in [0.717, 1.165) is 32.1 Å². The summed E-state index contributed by atoms with van der Waals surface area (Å²) in [6.45, 7) is 10.5. The maximum Gasteiger partial charge on any atom is 0.409 e. The van der Waals surface area contributed by atoms with E-state index in [9.17, 15) is 4.79 Å². The highest BCUT2D eigenvalue weighted by Crippen LogP contribution is 2.52. The molecule has 2 aliphatic heterocycles. The standard InChI is InChI=1S/C17H30N4O3.HI/c1-5-23-16(22)21-9-7-20(8-10-21)15(18-4)19-13-12-6-11-24-14(12)17(13,2)3;/h12-14H,5-11H2,1-4H3,(H,18,19);1H. The number of hydrogen-bond donors (Lipinski definition) is 1. The number of halogens is 1. The molecule has 3 atom stereocenters. The number of carbonyl (C=O) groups is 1. The predicted molar refractivity (Wildman–Crippen MR) is 107 cm³/mol. The molecule has 1 N–H and O–H groups in total. The topological polar surface area (TPSA) is 66.4 Å². The highest BCUT2D eigenvalue weighted by atomic mass is 127. The Labute approximate surface area is 167 Å². The normalized spacial score (nSPS) is 30.9. The van der Waals surface area contributed by atoms with Gasteiger partial charge in [-0.05, 0) is 13.3 Å². The van der Waals surface area contributed by atoms with Crippen molar-refractivity contribution in [1.82, 2.24) is 15.1 Å².